The number of aromatic hydroxyl groups is 2. The van der Waals surface area contributed by atoms with Crippen LogP contribution in [0, 0.1) is 6.92 Å². The molecule has 4 N–H and O–H groups in total. The fraction of sp³-hybridized carbons (Fsp3) is 0.0909. The lowest BCUT2D eigenvalue weighted by Gasteiger charge is -2.03. The second-order valence-corrected chi connectivity index (χ2v) is 9.80. The third-order valence-electron chi connectivity index (χ3n) is 5.94. The quantitative estimate of drug-likeness (QED) is 0.128. The minimum atomic E-state index is -0.330. The maximum absolute atomic E-state index is 12.0. The zero-order valence-corrected chi connectivity index (χ0v) is 23.6. The molecular formula is C33H28Cl2O6. The van der Waals surface area contributed by atoms with Crippen LogP contribution in [-0.4, -0.2) is 32.0 Å². The van der Waals surface area contributed by atoms with Gasteiger partial charge in [0.25, 0.3) is 0 Å². The van der Waals surface area contributed by atoms with Gasteiger partial charge in [-0.1, -0.05) is 71.2 Å². The summed E-state index contributed by atoms with van der Waals surface area (Å²) in [6.07, 6.45) is 6.24. The maximum Gasteiger partial charge on any atom is 0.185 e. The largest absolute Gasteiger partial charge is 0.508 e. The number of aliphatic hydroxyl groups is 2. The number of ketones is 2. The van der Waals surface area contributed by atoms with E-state index >= 15 is 0 Å². The van der Waals surface area contributed by atoms with E-state index in [0.29, 0.717) is 32.3 Å². The lowest BCUT2D eigenvalue weighted by atomic mass is 10.1. The smallest absolute Gasteiger partial charge is 0.185 e. The first-order chi connectivity index (χ1) is 19.6. The Morgan fingerprint density at radius 3 is 1.56 bits per heavy atom. The van der Waals surface area contributed by atoms with Crippen molar-refractivity contribution in [2.24, 2.45) is 0 Å². The van der Waals surface area contributed by atoms with Crippen LogP contribution in [0.15, 0.2) is 91.0 Å². The highest BCUT2D eigenvalue weighted by atomic mass is 35.5. The lowest BCUT2D eigenvalue weighted by molar-refractivity contribution is 0.103. The van der Waals surface area contributed by atoms with Crippen molar-refractivity contribution in [3.8, 4) is 11.5 Å². The predicted octanol–water partition coefficient (Wildman–Crippen LogP) is 7.18. The molecule has 0 saturated carbocycles. The van der Waals surface area contributed by atoms with Crippen LogP contribution in [0.4, 0.5) is 0 Å². The summed E-state index contributed by atoms with van der Waals surface area (Å²) in [5.74, 6) is -0.454. The third-order valence-corrected chi connectivity index (χ3v) is 6.68. The molecule has 0 bridgehead atoms. The SMILES string of the molecule is Cc1ccc(/C=C/C(=O)c2ccc(O)c(CO)c2)cc1.O=C(/C=C/c1ccc(Cl)c(Cl)c1)c1ccc(O)c(CO)c1. The summed E-state index contributed by atoms with van der Waals surface area (Å²) in [5, 5.41) is 37.9. The van der Waals surface area contributed by atoms with E-state index in [2.05, 4.69) is 0 Å². The molecule has 0 amide bonds. The summed E-state index contributed by atoms with van der Waals surface area (Å²) in [5.41, 5.74) is 4.34. The summed E-state index contributed by atoms with van der Waals surface area (Å²) in [6.45, 7) is 1.38. The fourth-order valence-electron chi connectivity index (χ4n) is 3.56. The number of phenols is 2. The first kappa shape index (κ1) is 31.3. The van der Waals surface area contributed by atoms with Crippen molar-refractivity contribution in [2.75, 3.05) is 0 Å². The lowest BCUT2D eigenvalue weighted by Crippen LogP contribution is -1.96. The highest BCUT2D eigenvalue weighted by Crippen LogP contribution is 2.24. The van der Waals surface area contributed by atoms with Crippen LogP contribution in [0.2, 0.25) is 10.0 Å². The minimum absolute atomic E-state index is 0.00781. The number of halogens is 2. The van der Waals surface area contributed by atoms with Gasteiger partial charge < -0.3 is 20.4 Å². The van der Waals surface area contributed by atoms with Crippen molar-refractivity contribution in [3.63, 3.8) is 0 Å². The number of hydrogen-bond donors (Lipinski definition) is 4. The highest BCUT2D eigenvalue weighted by Gasteiger charge is 2.08. The molecule has 0 saturated heterocycles. The van der Waals surface area contributed by atoms with Gasteiger partial charge in [0.15, 0.2) is 11.6 Å². The first-order valence-corrected chi connectivity index (χ1v) is 13.2. The molecule has 0 aliphatic rings. The minimum Gasteiger partial charge on any atom is -0.508 e. The molecular weight excluding hydrogens is 563 g/mol. The molecule has 6 nitrogen and oxygen atoms in total. The van der Waals surface area contributed by atoms with E-state index in [1.165, 1.54) is 54.1 Å². The van der Waals surface area contributed by atoms with Gasteiger partial charge in [-0.05, 0) is 78.7 Å². The molecule has 8 heteroatoms. The molecule has 0 aromatic heterocycles. The first-order valence-electron chi connectivity index (χ1n) is 12.4. The second kappa shape index (κ2) is 15.0. The maximum atomic E-state index is 12.0. The predicted molar refractivity (Wildman–Crippen MR) is 162 cm³/mol. The summed E-state index contributed by atoms with van der Waals surface area (Å²) >= 11 is 11.7. The van der Waals surface area contributed by atoms with Crippen LogP contribution >= 0.6 is 23.2 Å². The second-order valence-electron chi connectivity index (χ2n) is 8.98. The van der Waals surface area contributed by atoms with Gasteiger partial charge in [0.1, 0.15) is 11.5 Å². The van der Waals surface area contributed by atoms with E-state index in [1.807, 2.05) is 31.2 Å². The molecule has 41 heavy (non-hydrogen) atoms. The van der Waals surface area contributed by atoms with E-state index < -0.39 is 0 Å². The van der Waals surface area contributed by atoms with Gasteiger partial charge in [-0.15, -0.1) is 0 Å². The Morgan fingerprint density at radius 2 is 1.10 bits per heavy atom. The molecule has 0 fully saturated rings. The molecule has 0 aliphatic carbocycles. The van der Waals surface area contributed by atoms with Gasteiger partial charge in [-0.3, -0.25) is 9.59 Å². The topological polar surface area (TPSA) is 115 Å². The van der Waals surface area contributed by atoms with Gasteiger partial charge in [0.2, 0.25) is 0 Å². The Labute approximate surface area is 248 Å². The van der Waals surface area contributed by atoms with Gasteiger partial charge in [-0.2, -0.15) is 0 Å². The van der Waals surface area contributed by atoms with Crippen LogP contribution in [0.1, 0.15) is 48.5 Å². The fourth-order valence-corrected chi connectivity index (χ4v) is 3.87. The number of carbonyl (C=O) groups is 2. The average molecular weight is 591 g/mol. The van der Waals surface area contributed by atoms with Crippen molar-refractivity contribution in [1.82, 2.24) is 0 Å². The molecule has 0 heterocycles. The van der Waals surface area contributed by atoms with Crippen molar-refractivity contribution in [3.05, 3.63) is 140 Å². The summed E-state index contributed by atoms with van der Waals surface area (Å²) in [6, 6.07) is 21.7. The van der Waals surface area contributed by atoms with Crippen LogP contribution < -0.4 is 0 Å². The summed E-state index contributed by atoms with van der Waals surface area (Å²) in [7, 11) is 0. The monoisotopic (exact) mass is 590 g/mol. The van der Waals surface area contributed by atoms with E-state index in [4.69, 9.17) is 33.4 Å². The molecule has 4 aromatic rings. The Hall–Kier alpha value is -4.20. The number of aliphatic hydroxyl groups excluding tert-OH is 2. The molecule has 0 unspecified atom stereocenters. The van der Waals surface area contributed by atoms with Crippen LogP contribution in [0.25, 0.3) is 12.2 Å². The summed E-state index contributed by atoms with van der Waals surface area (Å²) < 4.78 is 0. The standard InChI is InChI=1S/C17H16O3.C16H12Cl2O3/c1-12-2-4-13(5-3-12)6-8-16(19)14-7-9-17(20)15(10-14)11-18;17-13-4-1-10(7-14(13)18)2-5-15(20)11-3-6-16(21)12(8-11)9-19/h2-10,18,20H,11H2,1H3;1-8,19,21H,9H2/b8-6+;5-2+. The average Bonchev–Trinajstić information content (AvgIpc) is 2.98. The number of aryl methyl sites for hydroxylation is 1. The van der Waals surface area contributed by atoms with Crippen molar-refractivity contribution >= 4 is 46.9 Å². The number of carbonyl (C=O) groups excluding carboxylic acids is 2. The van der Waals surface area contributed by atoms with E-state index in [-0.39, 0.29) is 36.3 Å². The van der Waals surface area contributed by atoms with Gasteiger partial charge >= 0.3 is 0 Å². The van der Waals surface area contributed by atoms with Crippen molar-refractivity contribution < 1.29 is 30.0 Å². The number of rotatable bonds is 8. The third kappa shape index (κ3) is 9.17. The molecule has 0 atom stereocenters. The molecule has 0 spiro atoms. The molecule has 210 valence electrons. The summed E-state index contributed by atoms with van der Waals surface area (Å²) in [4.78, 5) is 24.1. The van der Waals surface area contributed by atoms with E-state index in [9.17, 15) is 19.8 Å². The Kier molecular flexibility index (Phi) is 11.4. The Balaban J connectivity index is 0.000000226. The van der Waals surface area contributed by atoms with Crippen molar-refractivity contribution in [2.45, 2.75) is 20.1 Å². The number of allylic oxidation sites excluding steroid dienone is 2. The van der Waals surface area contributed by atoms with Crippen LogP contribution in [0.3, 0.4) is 0 Å². The Morgan fingerprint density at radius 1 is 0.634 bits per heavy atom. The van der Waals surface area contributed by atoms with Gasteiger partial charge in [-0.25, -0.2) is 0 Å². The van der Waals surface area contributed by atoms with Gasteiger partial charge in [0, 0.05) is 22.3 Å². The zero-order valence-electron chi connectivity index (χ0n) is 22.1. The van der Waals surface area contributed by atoms with Crippen LogP contribution in [-0.2, 0) is 13.2 Å². The van der Waals surface area contributed by atoms with Gasteiger partial charge in [0.05, 0.1) is 23.3 Å². The van der Waals surface area contributed by atoms with E-state index in [0.717, 1.165) is 11.1 Å². The molecule has 0 radical (unpaired) electrons. The molecule has 4 aromatic carbocycles. The Bertz CT molecular complexity index is 1590. The van der Waals surface area contributed by atoms with E-state index in [1.54, 1.807) is 30.4 Å². The molecule has 4 rings (SSSR count). The highest BCUT2D eigenvalue weighted by molar-refractivity contribution is 6.42. The van der Waals surface area contributed by atoms with Crippen LogP contribution in [0.5, 0.6) is 11.5 Å². The number of hydrogen-bond acceptors (Lipinski definition) is 6. The number of benzene rings is 4. The normalized spacial score (nSPS) is 11.0. The molecule has 0 aliphatic heterocycles. The van der Waals surface area contributed by atoms with Crippen molar-refractivity contribution in [1.29, 1.82) is 0 Å². The zero-order chi connectivity index (χ0) is 29.9.